The number of aromatic nitrogens is 1. The lowest BCUT2D eigenvalue weighted by atomic mass is 10.0. The predicted octanol–water partition coefficient (Wildman–Crippen LogP) is 4.02. The minimum Gasteiger partial charge on any atom is -0.347 e. The van der Waals surface area contributed by atoms with Crippen LogP contribution in [0.5, 0.6) is 0 Å². The first-order valence-corrected chi connectivity index (χ1v) is 9.01. The van der Waals surface area contributed by atoms with E-state index < -0.39 is 0 Å². The maximum absolute atomic E-state index is 12.2. The number of nitrogens with one attached hydrogen (secondary N) is 2. The molecule has 5 nitrogen and oxygen atoms in total. The van der Waals surface area contributed by atoms with Gasteiger partial charge in [0.2, 0.25) is 5.91 Å². The van der Waals surface area contributed by atoms with E-state index in [1.54, 1.807) is 30.3 Å². The number of amides is 2. The smallest absolute Gasteiger partial charge is 0.251 e. The van der Waals surface area contributed by atoms with Crippen molar-refractivity contribution in [3.05, 3.63) is 52.0 Å². The summed E-state index contributed by atoms with van der Waals surface area (Å²) in [6, 6.07) is 6.83. The molecule has 1 aromatic heterocycles. The largest absolute Gasteiger partial charge is 0.347 e. The zero-order valence-corrected chi connectivity index (χ0v) is 15.7. The van der Waals surface area contributed by atoms with Gasteiger partial charge in [-0.15, -0.1) is 11.3 Å². The summed E-state index contributed by atoms with van der Waals surface area (Å²) >= 11 is 1.54. The van der Waals surface area contributed by atoms with E-state index in [1.807, 2.05) is 33.1 Å². The summed E-state index contributed by atoms with van der Waals surface area (Å²) in [6.07, 6.45) is 3.96. The number of benzene rings is 1. The van der Waals surface area contributed by atoms with Crippen LogP contribution in [0.15, 0.2) is 35.7 Å². The molecule has 132 valence electrons. The number of anilines is 1. The van der Waals surface area contributed by atoms with Gasteiger partial charge in [-0.25, -0.2) is 4.98 Å². The maximum atomic E-state index is 12.2. The van der Waals surface area contributed by atoms with Crippen LogP contribution in [0.4, 0.5) is 5.69 Å². The third-order valence-electron chi connectivity index (χ3n) is 3.79. The van der Waals surface area contributed by atoms with Gasteiger partial charge in [-0.05, 0) is 57.5 Å². The Morgan fingerprint density at radius 1 is 1.24 bits per heavy atom. The van der Waals surface area contributed by atoms with Crippen molar-refractivity contribution in [2.45, 2.75) is 39.7 Å². The Morgan fingerprint density at radius 3 is 2.48 bits per heavy atom. The second-order valence-electron chi connectivity index (χ2n) is 6.38. The quantitative estimate of drug-likeness (QED) is 0.767. The van der Waals surface area contributed by atoms with E-state index in [4.69, 9.17) is 0 Å². The molecular weight excluding hydrogens is 334 g/mol. The number of hydrogen-bond acceptors (Lipinski definition) is 4. The van der Waals surface area contributed by atoms with Crippen LogP contribution in [0.2, 0.25) is 0 Å². The molecule has 2 amide bonds. The predicted molar refractivity (Wildman–Crippen MR) is 103 cm³/mol. The minimum atomic E-state index is -0.247. The SMILES string of the molecule is CCC(C)(C)NC(=O)c1ccc(NC(=O)/C=C/c2csc(C)n2)cc1. The number of nitrogens with zero attached hydrogens (tertiary/aromatic N) is 1. The molecule has 0 radical (unpaired) electrons. The lowest BCUT2D eigenvalue weighted by Gasteiger charge is -2.24. The maximum Gasteiger partial charge on any atom is 0.251 e. The monoisotopic (exact) mass is 357 g/mol. The number of carbonyl (C=O) groups is 2. The third kappa shape index (κ3) is 5.83. The van der Waals surface area contributed by atoms with Crippen LogP contribution < -0.4 is 10.6 Å². The van der Waals surface area contributed by atoms with Crippen molar-refractivity contribution in [2.24, 2.45) is 0 Å². The van der Waals surface area contributed by atoms with Crippen molar-refractivity contribution in [3.8, 4) is 0 Å². The summed E-state index contributed by atoms with van der Waals surface area (Å²) in [7, 11) is 0. The summed E-state index contributed by atoms with van der Waals surface area (Å²) in [4.78, 5) is 28.4. The van der Waals surface area contributed by atoms with Crippen LogP contribution in [-0.4, -0.2) is 22.3 Å². The average Bonchev–Trinajstić information content (AvgIpc) is 2.99. The zero-order valence-electron chi connectivity index (χ0n) is 14.9. The van der Waals surface area contributed by atoms with Crippen molar-refractivity contribution in [1.82, 2.24) is 10.3 Å². The van der Waals surface area contributed by atoms with E-state index in [2.05, 4.69) is 15.6 Å². The Labute approximate surface area is 152 Å². The van der Waals surface area contributed by atoms with Gasteiger partial charge in [0.1, 0.15) is 0 Å². The first kappa shape index (κ1) is 18.9. The van der Waals surface area contributed by atoms with Crippen molar-refractivity contribution >= 4 is 34.9 Å². The van der Waals surface area contributed by atoms with E-state index in [9.17, 15) is 9.59 Å². The van der Waals surface area contributed by atoms with E-state index in [0.29, 0.717) is 11.3 Å². The molecule has 0 fully saturated rings. The van der Waals surface area contributed by atoms with Crippen LogP contribution in [0, 0.1) is 6.92 Å². The van der Waals surface area contributed by atoms with Crippen molar-refractivity contribution in [1.29, 1.82) is 0 Å². The van der Waals surface area contributed by atoms with E-state index in [0.717, 1.165) is 17.1 Å². The van der Waals surface area contributed by atoms with Gasteiger partial charge in [-0.2, -0.15) is 0 Å². The second kappa shape index (κ2) is 8.07. The van der Waals surface area contributed by atoms with Gasteiger partial charge >= 0.3 is 0 Å². The van der Waals surface area contributed by atoms with E-state index in [1.165, 1.54) is 17.4 Å². The van der Waals surface area contributed by atoms with E-state index in [-0.39, 0.29) is 17.4 Å². The fourth-order valence-electron chi connectivity index (χ4n) is 1.97. The first-order valence-electron chi connectivity index (χ1n) is 8.13. The summed E-state index contributed by atoms with van der Waals surface area (Å²) in [5.74, 6) is -0.363. The lowest BCUT2D eigenvalue weighted by molar-refractivity contribution is -0.111. The summed E-state index contributed by atoms with van der Waals surface area (Å²) in [6.45, 7) is 7.91. The number of thiazole rings is 1. The molecule has 1 heterocycles. The highest BCUT2D eigenvalue weighted by Gasteiger charge is 2.18. The number of aryl methyl sites for hydroxylation is 1. The number of rotatable bonds is 6. The fraction of sp³-hybridized carbons (Fsp3) is 0.316. The molecule has 0 spiro atoms. The fourth-order valence-corrected chi connectivity index (χ4v) is 2.56. The standard InChI is InChI=1S/C19H23N3O2S/c1-5-19(3,4)22-18(24)14-6-8-15(9-7-14)21-17(23)11-10-16-12-25-13(2)20-16/h6-12H,5H2,1-4H3,(H,21,23)(H,22,24)/b11-10+. The van der Waals surface area contributed by atoms with Gasteiger partial charge in [-0.3, -0.25) is 9.59 Å². The molecule has 2 N–H and O–H groups in total. The topological polar surface area (TPSA) is 71.1 Å². The minimum absolute atomic E-state index is 0.122. The first-order chi connectivity index (χ1) is 11.8. The highest BCUT2D eigenvalue weighted by molar-refractivity contribution is 7.09. The summed E-state index contributed by atoms with van der Waals surface area (Å²) in [5.41, 5.74) is 1.72. The Balaban J connectivity index is 1.94. The average molecular weight is 357 g/mol. The molecule has 0 aliphatic heterocycles. The van der Waals surface area contributed by atoms with Crippen molar-refractivity contribution in [3.63, 3.8) is 0 Å². The van der Waals surface area contributed by atoms with Crippen molar-refractivity contribution in [2.75, 3.05) is 5.32 Å². The molecule has 0 bridgehead atoms. The molecule has 1 aromatic carbocycles. The van der Waals surface area contributed by atoms with Gasteiger partial charge < -0.3 is 10.6 Å². The Bertz CT molecular complexity index is 776. The zero-order chi connectivity index (χ0) is 18.4. The molecular formula is C19H23N3O2S. The van der Waals surface area contributed by atoms with Crippen LogP contribution in [0.25, 0.3) is 6.08 Å². The normalized spacial score (nSPS) is 11.5. The molecule has 2 rings (SSSR count). The second-order valence-corrected chi connectivity index (χ2v) is 7.45. The molecule has 0 saturated carbocycles. The molecule has 25 heavy (non-hydrogen) atoms. The third-order valence-corrected chi connectivity index (χ3v) is 4.58. The Hall–Kier alpha value is -2.47. The van der Waals surface area contributed by atoms with Gasteiger partial charge in [0.05, 0.1) is 10.7 Å². The van der Waals surface area contributed by atoms with Crippen LogP contribution in [0.3, 0.4) is 0 Å². The molecule has 0 aliphatic carbocycles. The van der Waals surface area contributed by atoms with Gasteiger partial charge in [0, 0.05) is 28.2 Å². The van der Waals surface area contributed by atoms with Gasteiger partial charge in [0.15, 0.2) is 0 Å². The van der Waals surface area contributed by atoms with Crippen LogP contribution in [-0.2, 0) is 4.79 Å². The summed E-state index contributed by atoms with van der Waals surface area (Å²) < 4.78 is 0. The highest BCUT2D eigenvalue weighted by atomic mass is 32.1. The van der Waals surface area contributed by atoms with Crippen LogP contribution in [0.1, 0.15) is 48.3 Å². The Kier molecular flexibility index (Phi) is 6.09. The lowest BCUT2D eigenvalue weighted by Crippen LogP contribution is -2.42. The molecule has 2 aromatic rings. The van der Waals surface area contributed by atoms with Gasteiger partial charge in [-0.1, -0.05) is 6.92 Å². The van der Waals surface area contributed by atoms with Crippen LogP contribution >= 0.6 is 11.3 Å². The molecule has 6 heteroatoms. The van der Waals surface area contributed by atoms with Crippen molar-refractivity contribution < 1.29 is 9.59 Å². The molecule has 0 unspecified atom stereocenters. The summed E-state index contributed by atoms with van der Waals surface area (Å²) in [5, 5.41) is 8.59. The molecule has 0 aliphatic rings. The van der Waals surface area contributed by atoms with E-state index >= 15 is 0 Å². The molecule has 0 saturated heterocycles. The number of hydrogen-bond donors (Lipinski definition) is 2. The molecule has 0 atom stereocenters. The van der Waals surface area contributed by atoms with Gasteiger partial charge in [0.25, 0.3) is 5.91 Å². The number of carbonyl (C=O) groups excluding carboxylic acids is 2. The highest BCUT2D eigenvalue weighted by Crippen LogP contribution is 2.13. The Morgan fingerprint density at radius 2 is 1.92 bits per heavy atom.